The van der Waals surface area contributed by atoms with Gasteiger partial charge in [0, 0.05) is 11.1 Å². The number of hydrogen-bond acceptors (Lipinski definition) is 6. The number of methoxy groups -OCH3 is 1. The van der Waals surface area contributed by atoms with Crippen LogP contribution in [0.5, 0.6) is 5.75 Å². The molecule has 0 fully saturated rings. The average molecular weight is 391 g/mol. The van der Waals surface area contributed by atoms with Crippen LogP contribution in [-0.2, 0) is 9.53 Å². The maximum absolute atomic E-state index is 12.8. The van der Waals surface area contributed by atoms with Crippen molar-refractivity contribution in [3.63, 3.8) is 0 Å². The summed E-state index contributed by atoms with van der Waals surface area (Å²) in [6.07, 6.45) is -0.285. The number of ether oxygens (including phenoxy) is 1. The highest BCUT2D eigenvalue weighted by Crippen LogP contribution is 2.34. The van der Waals surface area contributed by atoms with Crippen LogP contribution in [0.25, 0.3) is 21.9 Å². The second-order valence-electron chi connectivity index (χ2n) is 6.61. The van der Waals surface area contributed by atoms with Gasteiger partial charge in [0.15, 0.2) is 5.76 Å². The lowest BCUT2D eigenvalue weighted by molar-refractivity contribution is -0.140. The zero-order valence-electron chi connectivity index (χ0n) is 15.5. The molecule has 2 aromatic heterocycles. The van der Waals surface area contributed by atoms with E-state index in [-0.39, 0.29) is 28.7 Å². The van der Waals surface area contributed by atoms with E-state index < -0.39 is 28.6 Å². The van der Waals surface area contributed by atoms with Crippen LogP contribution in [-0.4, -0.2) is 23.2 Å². The summed E-state index contributed by atoms with van der Waals surface area (Å²) in [5.41, 5.74) is -0.0239. The summed E-state index contributed by atoms with van der Waals surface area (Å²) < 4.78 is 10.5. The van der Waals surface area contributed by atoms with Crippen molar-refractivity contribution >= 4 is 27.8 Å². The summed E-state index contributed by atoms with van der Waals surface area (Å²) in [5, 5.41) is 11.5. The lowest BCUT2D eigenvalue weighted by atomic mass is 9.92. The first-order valence-electron chi connectivity index (χ1n) is 8.93. The highest BCUT2D eigenvalue weighted by atomic mass is 16.5. The molecule has 0 amide bonds. The minimum atomic E-state index is -1.01. The number of carbonyl (C=O) groups excluding carboxylic acids is 1. The molecule has 0 aliphatic heterocycles. The molecule has 0 unspecified atom stereocenters. The Hall–Kier alpha value is -3.87. The molecule has 7 nitrogen and oxygen atoms in total. The van der Waals surface area contributed by atoms with Crippen molar-refractivity contribution in [2.75, 3.05) is 7.11 Å². The average Bonchev–Trinajstić information content (AvgIpc) is 2.74. The van der Waals surface area contributed by atoms with Gasteiger partial charge in [0.2, 0.25) is 11.2 Å². The summed E-state index contributed by atoms with van der Waals surface area (Å²) in [5.74, 6) is -2.41. The molecule has 7 heteroatoms. The zero-order chi connectivity index (χ0) is 20.5. The molecule has 0 saturated carbocycles. The number of rotatable bonds is 4. The van der Waals surface area contributed by atoms with Crippen molar-refractivity contribution in [1.29, 1.82) is 0 Å². The standard InChI is InChI=1S/C22H17NO6/c1-28-18(24)11-14(15-10-12-6-2-4-8-16(12)23-22(15)27)21-20(26)19(25)13-7-3-5-9-17(13)29-21/h2-10,14,26H,11H2,1H3,(H,23,27)/t14-/m1/s1. The van der Waals surface area contributed by atoms with Crippen LogP contribution in [0.3, 0.4) is 0 Å². The minimum absolute atomic E-state index is 0.153. The van der Waals surface area contributed by atoms with E-state index in [0.29, 0.717) is 5.52 Å². The zero-order valence-corrected chi connectivity index (χ0v) is 15.5. The number of aromatic nitrogens is 1. The molecule has 0 saturated heterocycles. The number of fused-ring (bicyclic) bond motifs is 2. The van der Waals surface area contributed by atoms with Gasteiger partial charge in [0.25, 0.3) is 5.56 Å². The summed E-state index contributed by atoms with van der Waals surface area (Å²) in [6.45, 7) is 0. The normalized spacial score (nSPS) is 12.2. The Labute approximate surface area is 164 Å². The molecule has 0 radical (unpaired) electrons. The first kappa shape index (κ1) is 18.5. The van der Waals surface area contributed by atoms with Gasteiger partial charge >= 0.3 is 5.97 Å². The number of pyridine rings is 1. The molecule has 2 heterocycles. The Morgan fingerprint density at radius 2 is 1.86 bits per heavy atom. The SMILES string of the molecule is COC(=O)C[C@@H](c1oc2ccccc2c(=O)c1O)c1cc2ccccc2[nH]c1=O. The number of aromatic amines is 1. The number of nitrogens with one attached hydrogen (secondary N) is 1. The number of hydrogen-bond donors (Lipinski definition) is 2. The molecule has 0 bridgehead atoms. The fraction of sp³-hybridized carbons (Fsp3) is 0.136. The smallest absolute Gasteiger partial charge is 0.306 e. The van der Waals surface area contributed by atoms with Gasteiger partial charge < -0.3 is 19.2 Å². The number of aromatic hydroxyl groups is 1. The Morgan fingerprint density at radius 3 is 2.66 bits per heavy atom. The van der Waals surface area contributed by atoms with Crippen molar-refractivity contribution in [3.05, 3.63) is 86.5 Å². The van der Waals surface area contributed by atoms with Crippen LogP contribution in [0.1, 0.15) is 23.7 Å². The topological polar surface area (TPSA) is 110 Å². The second-order valence-corrected chi connectivity index (χ2v) is 6.61. The van der Waals surface area contributed by atoms with Crippen LogP contribution >= 0.6 is 0 Å². The Morgan fingerprint density at radius 1 is 1.14 bits per heavy atom. The number of benzene rings is 2. The third kappa shape index (κ3) is 3.27. The second kappa shape index (κ2) is 7.27. The Balaban J connectivity index is 1.99. The van der Waals surface area contributed by atoms with Crippen molar-refractivity contribution in [2.45, 2.75) is 12.3 Å². The molecule has 0 spiro atoms. The monoisotopic (exact) mass is 391 g/mol. The Kier molecular flexibility index (Phi) is 4.64. The number of H-pyrrole nitrogens is 1. The van der Waals surface area contributed by atoms with Gasteiger partial charge in [-0.1, -0.05) is 30.3 Å². The predicted molar refractivity (Wildman–Crippen MR) is 107 cm³/mol. The molecule has 4 aromatic rings. The van der Waals surface area contributed by atoms with Crippen LogP contribution in [0.4, 0.5) is 0 Å². The lowest BCUT2D eigenvalue weighted by Gasteiger charge is -2.17. The first-order chi connectivity index (χ1) is 14.0. The van der Waals surface area contributed by atoms with Crippen LogP contribution in [0.15, 0.2) is 68.6 Å². The molecule has 146 valence electrons. The van der Waals surface area contributed by atoms with Crippen LogP contribution in [0.2, 0.25) is 0 Å². The van der Waals surface area contributed by atoms with Gasteiger partial charge in [-0.25, -0.2) is 0 Å². The summed E-state index contributed by atoms with van der Waals surface area (Å²) in [7, 11) is 1.22. The van der Waals surface area contributed by atoms with E-state index in [0.717, 1.165) is 5.39 Å². The first-order valence-corrected chi connectivity index (χ1v) is 8.93. The third-order valence-electron chi connectivity index (χ3n) is 4.87. The summed E-state index contributed by atoms with van der Waals surface area (Å²) >= 11 is 0. The lowest BCUT2D eigenvalue weighted by Crippen LogP contribution is -2.21. The molecular weight excluding hydrogens is 374 g/mol. The molecule has 29 heavy (non-hydrogen) atoms. The van der Waals surface area contributed by atoms with E-state index in [1.54, 1.807) is 42.5 Å². The van der Waals surface area contributed by atoms with Crippen LogP contribution < -0.4 is 11.0 Å². The van der Waals surface area contributed by atoms with Gasteiger partial charge in [-0.05, 0) is 29.7 Å². The quantitative estimate of drug-likeness (QED) is 0.518. The van der Waals surface area contributed by atoms with E-state index in [4.69, 9.17) is 9.15 Å². The van der Waals surface area contributed by atoms with Gasteiger partial charge in [0.05, 0.1) is 24.8 Å². The van der Waals surface area contributed by atoms with Crippen molar-refractivity contribution in [3.8, 4) is 5.75 Å². The van der Waals surface area contributed by atoms with E-state index in [1.165, 1.54) is 13.2 Å². The van der Waals surface area contributed by atoms with Gasteiger partial charge in [-0.3, -0.25) is 14.4 Å². The fourth-order valence-electron chi connectivity index (χ4n) is 3.40. The molecule has 1 atom stereocenters. The minimum Gasteiger partial charge on any atom is -0.502 e. The molecule has 4 rings (SSSR count). The molecule has 2 aromatic carbocycles. The molecular formula is C22H17NO6. The van der Waals surface area contributed by atoms with Gasteiger partial charge in [0.1, 0.15) is 5.58 Å². The molecule has 0 aliphatic carbocycles. The van der Waals surface area contributed by atoms with E-state index >= 15 is 0 Å². The maximum Gasteiger partial charge on any atom is 0.306 e. The number of para-hydroxylation sites is 2. The maximum atomic E-state index is 12.8. The van der Waals surface area contributed by atoms with Crippen molar-refractivity contribution in [1.82, 2.24) is 4.98 Å². The van der Waals surface area contributed by atoms with Crippen molar-refractivity contribution in [2.24, 2.45) is 0 Å². The highest BCUT2D eigenvalue weighted by Gasteiger charge is 2.29. The molecule has 0 aliphatic rings. The number of carbonyl (C=O) groups is 1. The largest absolute Gasteiger partial charge is 0.502 e. The third-order valence-corrected chi connectivity index (χ3v) is 4.87. The predicted octanol–water partition coefficient (Wildman–Crippen LogP) is 3.04. The fourth-order valence-corrected chi connectivity index (χ4v) is 3.40. The number of esters is 1. The van der Waals surface area contributed by atoms with E-state index in [2.05, 4.69) is 4.98 Å². The van der Waals surface area contributed by atoms with Gasteiger partial charge in [-0.2, -0.15) is 0 Å². The van der Waals surface area contributed by atoms with Crippen molar-refractivity contribution < 1.29 is 19.1 Å². The summed E-state index contributed by atoms with van der Waals surface area (Å²) in [6, 6.07) is 15.2. The highest BCUT2D eigenvalue weighted by molar-refractivity contribution is 5.81. The van der Waals surface area contributed by atoms with Crippen LogP contribution in [0, 0.1) is 0 Å². The van der Waals surface area contributed by atoms with Gasteiger partial charge in [-0.15, -0.1) is 0 Å². The summed E-state index contributed by atoms with van der Waals surface area (Å²) in [4.78, 5) is 40.2. The molecule has 2 N–H and O–H groups in total. The Bertz CT molecular complexity index is 1350. The van der Waals surface area contributed by atoms with E-state index in [9.17, 15) is 19.5 Å². The van der Waals surface area contributed by atoms with E-state index in [1.807, 2.05) is 6.07 Å².